The van der Waals surface area contributed by atoms with Crippen LogP contribution in [-0.2, 0) is 4.79 Å². The number of hydrogen-bond donors (Lipinski definition) is 1. The number of rotatable bonds is 11. The van der Waals surface area contributed by atoms with Crippen molar-refractivity contribution in [2.75, 3.05) is 0 Å². The van der Waals surface area contributed by atoms with Crippen molar-refractivity contribution < 1.29 is 27.8 Å². The molecule has 0 aliphatic rings. The van der Waals surface area contributed by atoms with Gasteiger partial charge in [0, 0.05) is 18.7 Å². The highest BCUT2D eigenvalue weighted by Crippen LogP contribution is 2.23. The lowest BCUT2D eigenvalue weighted by Gasteiger charge is -2.15. The van der Waals surface area contributed by atoms with Gasteiger partial charge in [-0.1, -0.05) is 51.5 Å². The Morgan fingerprint density at radius 2 is 1.77 bits per heavy atom. The summed E-state index contributed by atoms with van der Waals surface area (Å²) in [6.45, 7) is 3.56. The standard InChI is InChI=1S/C10H20O2.C9H10F3NO/c1-2-3-4-5-6-7-8-9-10(11)12;1-7(6-9(10,11)12)14-8-4-2-3-5-13-8/h2-9H2,1H3,(H,11,12);2-5,7H,6H2,1H3. The van der Waals surface area contributed by atoms with Crippen molar-refractivity contribution in [1.29, 1.82) is 0 Å². The van der Waals surface area contributed by atoms with Gasteiger partial charge in [0.05, 0.1) is 6.42 Å². The third-order valence-electron chi connectivity index (χ3n) is 3.47. The van der Waals surface area contributed by atoms with Crippen LogP contribution >= 0.6 is 0 Å². The van der Waals surface area contributed by atoms with Crippen LogP contribution < -0.4 is 4.74 Å². The minimum absolute atomic E-state index is 0.212. The molecule has 1 N–H and O–H groups in total. The van der Waals surface area contributed by atoms with Crippen LogP contribution in [0.25, 0.3) is 0 Å². The smallest absolute Gasteiger partial charge is 0.392 e. The van der Waals surface area contributed by atoms with Gasteiger partial charge in [-0.25, -0.2) is 4.98 Å². The van der Waals surface area contributed by atoms with Gasteiger partial charge in [-0.3, -0.25) is 4.79 Å². The van der Waals surface area contributed by atoms with Crippen LogP contribution in [0.4, 0.5) is 13.2 Å². The van der Waals surface area contributed by atoms with E-state index in [1.165, 1.54) is 51.3 Å². The Morgan fingerprint density at radius 3 is 2.27 bits per heavy atom. The van der Waals surface area contributed by atoms with Crippen LogP contribution in [0.2, 0.25) is 0 Å². The molecule has 1 heterocycles. The molecule has 7 heteroatoms. The molecule has 0 aliphatic heterocycles. The third kappa shape index (κ3) is 17.0. The van der Waals surface area contributed by atoms with Crippen molar-refractivity contribution in [3.8, 4) is 5.88 Å². The number of nitrogens with zero attached hydrogens (tertiary/aromatic N) is 1. The SMILES string of the molecule is CC(CC(F)(F)F)Oc1ccccn1.CCCCCCCCCC(=O)O. The second kappa shape index (κ2) is 14.4. The van der Waals surface area contributed by atoms with Gasteiger partial charge in [0.15, 0.2) is 0 Å². The highest BCUT2D eigenvalue weighted by Gasteiger charge is 2.31. The monoisotopic (exact) mass is 377 g/mol. The van der Waals surface area contributed by atoms with Crippen LogP contribution in [0.5, 0.6) is 5.88 Å². The zero-order valence-electron chi connectivity index (χ0n) is 15.6. The number of unbranched alkanes of at least 4 members (excludes halogenated alkanes) is 6. The van der Waals surface area contributed by atoms with Crippen LogP contribution in [-0.4, -0.2) is 28.3 Å². The van der Waals surface area contributed by atoms with E-state index in [1.54, 1.807) is 12.1 Å². The van der Waals surface area contributed by atoms with Gasteiger partial charge in [-0.2, -0.15) is 13.2 Å². The number of carboxylic acid groups (broad SMARTS) is 1. The molecule has 26 heavy (non-hydrogen) atoms. The molecule has 0 aliphatic carbocycles. The minimum atomic E-state index is -4.20. The summed E-state index contributed by atoms with van der Waals surface area (Å²) in [4.78, 5) is 13.9. The van der Waals surface area contributed by atoms with E-state index >= 15 is 0 Å². The summed E-state index contributed by atoms with van der Waals surface area (Å²) < 4.78 is 40.7. The maximum absolute atomic E-state index is 11.9. The molecule has 1 atom stereocenters. The van der Waals surface area contributed by atoms with Crippen LogP contribution in [0, 0.1) is 0 Å². The number of pyridine rings is 1. The van der Waals surface area contributed by atoms with Gasteiger partial charge >= 0.3 is 12.1 Å². The average Bonchev–Trinajstić information content (AvgIpc) is 2.53. The first kappa shape index (κ1) is 24.2. The first-order valence-electron chi connectivity index (χ1n) is 9.10. The van der Waals surface area contributed by atoms with E-state index in [2.05, 4.69) is 11.9 Å². The highest BCUT2D eigenvalue weighted by atomic mass is 19.4. The van der Waals surface area contributed by atoms with Gasteiger partial charge in [0.25, 0.3) is 0 Å². The summed E-state index contributed by atoms with van der Waals surface area (Å²) >= 11 is 0. The first-order chi connectivity index (χ1) is 12.2. The van der Waals surface area contributed by atoms with Gasteiger partial charge in [0.1, 0.15) is 6.10 Å². The van der Waals surface area contributed by atoms with Crippen molar-refractivity contribution >= 4 is 5.97 Å². The number of carbonyl (C=O) groups is 1. The number of carboxylic acids is 1. The van der Waals surface area contributed by atoms with E-state index in [9.17, 15) is 18.0 Å². The number of halogens is 3. The molecule has 150 valence electrons. The molecule has 0 bridgehead atoms. The topological polar surface area (TPSA) is 59.4 Å². The van der Waals surface area contributed by atoms with Gasteiger partial charge in [-0.05, 0) is 19.4 Å². The van der Waals surface area contributed by atoms with E-state index in [1.807, 2.05) is 0 Å². The molecule has 1 rings (SSSR count). The fourth-order valence-electron chi connectivity index (χ4n) is 2.22. The molecule has 1 aromatic heterocycles. The number of aliphatic carboxylic acids is 1. The summed E-state index contributed by atoms with van der Waals surface area (Å²) in [5, 5.41) is 8.35. The second-order valence-electron chi connectivity index (χ2n) is 6.18. The van der Waals surface area contributed by atoms with Crippen molar-refractivity contribution in [2.24, 2.45) is 0 Å². The van der Waals surface area contributed by atoms with E-state index in [-0.39, 0.29) is 5.88 Å². The second-order valence-corrected chi connectivity index (χ2v) is 6.18. The summed E-state index contributed by atoms with van der Waals surface area (Å²) in [5.74, 6) is -0.451. The fraction of sp³-hybridized carbons (Fsp3) is 0.684. The molecule has 0 spiro atoms. The summed E-state index contributed by atoms with van der Waals surface area (Å²) in [7, 11) is 0. The zero-order valence-corrected chi connectivity index (χ0v) is 15.6. The Balaban J connectivity index is 0.000000488. The minimum Gasteiger partial charge on any atom is -0.481 e. The molecule has 0 saturated heterocycles. The Hall–Kier alpha value is -1.79. The molecule has 0 amide bonds. The molecule has 4 nitrogen and oxygen atoms in total. The van der Waals surface area contributed by atoms with E-state index in [0.717, 1.165) is 12.8 Å². The Kier molecular flexibility index (Phi) is 13.4. The largest absolute Gasteiger partial charge is 0.481 e. The van der Waals surface area contributed by atoms with Gasteiger partial charge in [0.2, 0.25) is 5.88 Å². The van der Waals surface area contributed by atoms with E-state index < -0.39 is 24.7 Å². The van der Waals surface area contributed by atoms with Crippen LogP contribution in [0.1, 0.15) is 71.6 Å². The lowest BCUT2D eigenvalue weighted by molar-refractivity contribution is -0.149. The van der Waals surface area contributed by atoms with E-state index in [4.69, 9.17) is 9.84 Å². The summed E-state index contributed by atoms with van der Waals surface area (Å²) in [5.41, 5.74) is 0. The van der Waals surface area contributed by atoms with Crippen molar-refractivity contribution in [1.82, 2.24) is 4.98 Å². The quantitative estimate of drug-likeness (QED) is 0.480. The molecular formula is C19H30F3NO3. The third-order valence-corrected chi connectivity index (χ3v) is 3.47. The van der Waals surface area contributed by atoms with Crippen molar-refractivity contribution in [3.05, 3.63) is 24.4 Å². The van der Waals surface area contributed by atoms with Crippen molar-refractivity contribution in [3.63, 3.8) is 0 Å². The van der Waals surface area contributed by atoms with Gasteiger partial charge < -0.3 is 9.84 Å². The maximum Gasteiger partial charge on any atom is 0.392 e. The molecule has 0 fully saturated rings. The number of aromatic nitrogens is 1. The molecule has 0 aromatic carbocycles. The zero-order chi connectivity index (χ0) is 19.8. The Labute approximate surface area is 153 Å². The summed E-state index contributed by atoms with van der Waals surface area (Å²) in [6, 6.07) is 4.84. The van der Waals surface area contributed by atoms with Crippen molar-refractivity contribution in [2.45, 2.75) is 83.9 Å². The lowest BCUT2D eigenvalue weighted by atomic mass is 10.1. The highest BCUT2D eigenvalue weighted by molar-refractivity contribution is 5.66. The molecule has 1 unspecified atom stereocenters. The average molecular weight is 377 g/mol. The van der Waals surface area contributed by atoms with Gasteiger partial charge in [-0.15, -0.1) is 0 Å². The Bertz CT molecular complexity index is 467. The van der Waals surface area contributed by atoms with E-state index in [0.29, 0.717) is 6.42 Å². The predicted molar refractivity (Wildman–Crippen MR) is 95.2 cm³/mol. The maximum atomic E-state index is 11.9. The molecule has 1 aromatic rings. The molecule has 0 saturated carbocycles. The number of ether oxygens (including phenoxy) is 1. The van der Waals surface area contributed by atoms with Crippen LogP contribution in [0.15, 0.2) is 24.4 Å². The molecular weight excluding hydrogens is 347 g/mol. The van der Waals surface area contributed by atoms with Crippen LogP contribution in [0.3, 0.4) is 0 Å². The normalized spacial score (nSPS) is 12.0. The molecule has 0 radical (unpaired) electrons. The Morgan fingerprint density at radius 1 is 1.15 bits per heavy atom. The predicted octanol–water partition coefficient (Wildman–Crippen LogP) is 6.01. The fourth-order valence-corrected chi connectivity index (χ4v) is 2.22. The first-order valence-corrected chi connectivity index (χ1v) is 9.10. The lowest BCUT2D eigenvalue weighted by Crippen LogP contribution is -2.22. The summed E-state index contributed by atoms with van der Waals surface area (Å²) in [6.07, 6.45) is 4.03. The number of alkyl halides is 3. The number of hydrogen-bond acceptors (Lipinski definition) is 3.